The fraction of sp³-hybridized carbons (Fsp3) is 0.588. The van der Waals surface area contributed by atoms with Crippen LogP contribution in [0.2, 0.25) is 0 Å². The van der Waals surface area contributed by atoms with E-state index in [1.807, 2.05) is 7.05 Å². The topological polar surface area (TPSA) is 36.9 Å². The molecule has 116 valence electrons. The highest BCUT2D eigenvalue weighted by molar-refractivity contribution is 5.80. The first-order chi connectivity index (χ1) is 10.1. The van der Waals surface area contributed by atoms with Crippen molar-refractivity contribution in [3.05, 3.63) is 35.4 Å². The third-order valence-corrected chi connectivity index (χ3v) is 4.04. The van der Waals surface area contributed by atoms with Gasteiger partial charge in [-0.1, -0.05) is 38.1 Å². The van der Waals surface area contributed by atoms with Crippen LogP contribution in [0.3, 0.4) is 0 Å². The van der Waals surface area contributed by atoms with Crippen LogP contribution in [0.1, 0.15) is 31.4 Å². The fourth-order valence-corrected chi connectivity index (χ4v) is 2.83. The quantitative estimate of drug-likeness (QED) is 0.684. The van der Waals surface area contributed by atoms with Crippen LogP contribution in [0.4, 0.5) is 0 Å². The van der Waals surface area contributed by atoms with Crippen LogP contribution in [-0.2, 0) is 17.9 Å². The first kappa shape index (κ1) is 15.8. The minimum atomic E-state index is 0.381. The summed E-state index contributed by atoms with van der Waals surface area (Å²) < 4.78 is 5.26. The molecule has 0 bridgehead atoms. The van der Waals surface area contributed by atoms with E-state index in [1.165, 1.54) is 17.5 Å². The van der Waals surface area contributed by atoms with Gasteiger partial charge in [0.2, 0.25) is 0 Å². The Kier molecular flexibility index (Phi) is 5.23. The minimum Gasteiger partial charge on any atom is -0.380 e. The van der Waals surface area contributed by atoms with Crippen molar-refractivity contribution in [3.8, 4) is 0 Å². The smallest absolute Gasteiger partial charge is 0.193 e. The van der Waals surface area contributed by atoms with E-state index in [0.717, 1.165) is 25.6 Å². The molecule has 0 radical (unpaired) electrons. The lowest BCUT2D eigenvalue weighted by Gasteiger charge is -2.24. The minimum absolute atomic E-state index is 0.381. The number of aliphatic imine (C=N–C) groups is 1. The van der Waals surface area contributed by atoms with E-state index in [1.54, 1.807) is 7.11 Å². The molecule has 1 heterocycles. The second-order valence-electron chi connectivity index (χ2n) is 6.44. The van der Waals surface area contributed by atoms with E-state index in [9.17, 15) is 0 Å². The summed E-state index contributed by atoms with van der Waals surface area (Å²) in [4.78, 5) is 6.77. The lowest BCUT2D eigenvalue weighted by atomic mass is 9.93. The normalized spacial score (nSPS) is 18.1. The summed E-state index contributed by atoms with van der Waals surface area (Å²) in [6.45, 7) is 8.19. The van der Waals surface area contributed by atoms with Gasteiger partial charge >= 0.3 is 0 Å². The summed E-state index contributed by atoms with van der Waals surface area (Å²) in [5, 5.41) is 3.48. The molecule has 1 aliphatic rings. The Labute approximate surface area is 128 Å². The van der Waals surface area contributed by atoms with Gasteiger partial charge in [-0.2, -0.15) is 0 Å². The number of hydrogen-bond donors (Lipinski definition) is 1. The zero-order valence-corrected chi connectivity index (χ0v) is 13.6. The molecule has 0 amide bonds. The van der Waals surface area contributed by atoms with Crippen molar-refractivity contribution in [2.24, 2.45) is 10.4 Å². The number of guanidine groups is 1. The molecule has 0 aliphatic carbocycles. The number of nitrogens with zero attached hydrogens (tertiary/aromatic N) is 2. The molecule has 1 saturated heterocycles. The van der Waals surface area contributed by atoms with Crippen molar-refractivity contribution in [1.29, 1.82) is 0 Å². The lowest BCUT2D eigenvalue weighted by Crippen LogP contribution is -2.40. The second-order valence-corrected chi connectivity index (χ2v) is 6.44. The van der Waals surface area contributed by atoms with E-state index in [2.05, 4.69) is 53.3 Å². The van der Waals surface area contributed by atoms with E-state index >= 15 is 0 Å². The Bertz CT molecular complexity index is 497. The monoisotopic (exact) mass is 289 g/mol. The number of hydrogen-bond acceptors (Lipinski definition) is 2. The van der Waals surface area contributed by atoms with Crippen LogP contribution in [0.15, 0.2) is 29.3 Å². The zero-order valence-electron chi connectivity index (χ0n) is 13.6. The molecular weight excluding hydrogens is 262 g/mol. The SMILES string of the molecule is CN=C(NCc1ccccc1COC)N1CCC(C)(C)C1. The zero-order chi connectivity index (χ0) is 15.3. The summed E-state index contributed by atoms with van der Waals surface area (Å²) in [5.41, 5.74) is 2.87. The standard InChI is InChI=1S/C17H27N3O/c1-17(2)9-10-20(13-17)16(18-3)19-11-14-7-5-6-8-15(14)12-21-4/h5-8H,9-13H2,1-4H3,(H,18,19). The van der Waals surface area contributed by atoms with Gasteiger partial charge in [0, 0.05) is 33.8 Å². The molecule has 1 aliphatic heterocycles. The first-order valence-corrected chi connectivity index (χ1v) is 7.57. The van der Waals surface area contributed by atoms with Crippen LogP contribution < -0.4 is 5.32 Å². The van der Waals surface area contributed by atoms with Crippen molar-refractivity contribution in [2.45, 2.75) is 33.4 Å². The maximum Gasteiger partial charge on any atom is 0.193 e. The number of ether oxygens (including phenoxy) is 1. The third-order valence-electron chi connectivity index (χ3n) is 4.04. The maximum atomic E-state index is 5.26. The molecule has 0 aromatic heterocycles. The molecule has 1 fully saturated rings. The van der Waals surface area contributed by atoms with Gasteiger partial charge in [-0.15, -0.1) is 0 Å². The van der Waals surface area contributed by atoms with Gasteiger partial charge in [-0.3, -0.25) is 4.99 Å². The lowest BCUT2D eigenvalue weighted by molar-refractivity contribution is 0.184. The Morgan fingerprint density at radius 3 is 2.62 bits per heavy atom. The molecule has 0 unspecified atom stereocenters. The average molecular weight is 289 g/mol. The largest absolute Gasteiger partial charge is 0.380 e. The second kappa shape index (κ2) is 6.94. The van der Waals surface area contributed by atoms with Crippen LogP contribution in [-0.4, -0.2) is 38.1 Å². The molecule has 0 spiro atoms. The molecule has 0 atom stereocenters. The Hall–Kier alpha value is -1.55. The third kappa shape index (κ3) is 4.21. The summed E-state index contributed by atoms with van der Waals surface area (Å²) in [5.74, 6) is 0.993. The molecule has 21 heavy (non-hydrogen) atoms. The van der Waals surface area contributed by atoms with Gasteiger partial charge in [0.15, 0.2) is 5.96 Å². The van der Waals surface area contributed by atoms with Gasteiger partial charge in [-0.25, -0.2) is 0 Å². The molecular formula is C17H27N3O. The molecule has 4 nitrogen and oxygen atoms in total. The molecule has 2 rings (SSSR count). The maximum absolute atomic E-state index is 5.26. The van der Waals surface area contributed by atoms with Crippen molar-refractivity contribution < 1.29 is 4.74 Å². The average Bonchev–Trinajstić information content (AvgIpc) is 2.82. The molecule has 0 saturated carbocycles. The number of likely N-dealkylation sites (tertiary alicyclic amines) is 1. The van der Waals surface area contributed by atoms with Crippen LogP contribution in [0.5, 0.6) is 0 Å². The summed E-state index contributed by atoms with van der Waals surface area (Å²) in [6.07, 6.45) is 1.22. The number of benzene rings is 1. The van der Waals surface area contributed by atoms with Gasteiger partial charge < -0.3 is 15.0 Å². The molecule has 4 heteroatoms. The Balaban J connectivity index is 1.98. The summed E-state index contributed by atoms with van der Waals surface area (Å²) >= 11 is 0. The first-order valence-electron chi connectivity index (χ1n) is 7.57. The molecule has 1 N–H and O–H groups in total. The van der Waals surface area contributed by atoms with E-state index < -0.39 is 0 Å². The highest BCUT2D eigenvalue weighted by Gasteiger charge is 2.30. The number of rotatable bonds is 4. The van der Waals surface area contributed by atoms with Gasteiger partial charge in [-0.05, 0) is 23.0 Å². The predicted molar refractivity (Wildman–Crippen MR) is 87.3 cm³/mol. The Morgan fingerprint density at radius 2 is 2.05 bits per heavy atom. The van der Waals surface area contributed by atoms with Crippen LogP contribution in [0.25, 0.3) is 0 Å². The van der Waals surface area contributed by atoms with Gasteiger partial charge in [0.25, 0.3) is 0 Å². The van der Waals surface area contributed by atoms with Crippen molar-refractivity contribution in [3.63, 3.8) is 0 Å². The number of nitrogens with one attached hydrogen (secondary N) is 1. The van der Waals surface area contributed by atoms with E-state index in [4.69, 9.17) is 4.74 Å². The van der Waals surface area contributed by atoms with Crippen molar-refractivity contribution in [1.82, 2.24) is 10.2 Å². The van der Waals surface area contributed by atoms with Crippen molar-refractivity contribution >= 4 is 5.96 Å². The number of methoxy groups -OCH3 is 1. The predicted octanol–water partition coefficient (Wildman–Crippen LogP) is 2.64. The van der Waals surface area contributed by atoms with Crippen molar-refractivity contribution in [2.75, 3.05) is 27.2 Å². The highest BCUT2D eigenvalue weighted by atomic mass is 16.5. The Morgan fingerprint density at radius 1 is 1.33 bits per heavy atom. The van der Waals surface area contributed by atoms with Gasteiger partial charge in [0.05, 0.1) is 6.61 Å². The fourth-order valence-electron chi connectivity index (χ4n) is 2.83. The van der Waals surface area contributed by atoms with E-state index in [0.29, 0.717) is 12.0 Å². The highest BCUT2D eigenvalue weighted by Crippen LogP contribution is 2.28. The van der Waals surface area contributed by atoms with Gasteiger partial charge in [0.1, 0.15) is 0 Å². The van der Waals surface area contributed by atoms with Crippen LogP contribution >= 0.6 is 0 Å². The molecule has 1 aromatic rings. The van der Waals surface area contributed by atoms with E-state index in [-0.39, 0.29) is 0 Å². The molecule has 1 aromatic carbocycles. The van der Waals surface area contributed by atoms with Crippen LogP contribution in [0, 0.1) is 5.41 Å². The summed E-state index contributed by atoms with van der Waals surface area (Å²) in [6, 6.07) is 8.37. The summed E-state index contributed by atoms with van der Waals surface area (Å²) in [7, 11) is 3.59.